The quantitative estimate of drug-likeness (QED) is 0.493. The van der Waals surface area contributed by atoms with Gasteiger partial charge in [-0.25, -0.2) is 13.4 Å². The zero-order valence-electron chi connectivity index (χ0n) is 15.7. The van der Waals surface area contributed by atoms with Crippen molar-refractivity contribution in [2.45, 2.75) is 24.5 Å². The Bertz CT molecular complexity index is 1370. The van der Waals surface area contributed by atoms with Crippen molar-refractivity contribution in [1.29, 1.82) is 0 Å². The van der Waals surface area contributed by atoms with Crippen LogP contribution in [0.2, 0.25) is 10.0 Å². The number of hydrogen-bond acceptors (Lipinski definition) is 5. The minimum Gasteiger partial charge on any atom is -0.298 e. The average Bonchev–Trinajstić information content (AvgIpc) is 2.69. The number of aromatic nitrogens is 2. The lowest BCUT2D eigenvalue weighted by atomic mass is 10.0. The van der Waals surface area contributed by atoms with E-state index in [0.717, 1.165) is 10.9 Å². The first kappa shape index (κ1) is 23.2. The fraction of sp³-hybridized carbons (Fsp3) is 0.211. The third kappa shape index (κ3) is 4.32. The number of rotatable bonds is 5. The second kappa shape index (κ2) is 8.25. The molecule has 0 aliphatic rings. The Kier molecular flexibility index (Phi) is 6.18. The third-order valence-electron chi connectivity index (χ3n) is 4.60. The highest BCUT2D eigenvalue weighted by Gasteiger charge is 2.36. The lowest BCUT2D eigenvalue weighted by Gasteiger charge is -2.15. The van der Waals surface area contributed by atoms with Crippen molar-refractivity contribution in [1.82, 2.24) is 9.55 Å². The largest absolute Gasteiger partial charge is 0.417 e. The Morgan fingerprint density at radius 1 is 1.19 bits per heavy atom. The number of carbonyl (C=O) groups is 1. The maximum absolute atomic E-state index is 13.4. The van der Waals surface area contributed by atoms with Crippen LogP contribution in [-0.2, 0) is 22.6 Å². The highest BCUT2D eigenvalue weighted by atomic mass is 35.5. The lowest BCUT2D eigenvalue weighted by Crippen LogP contribution is -2.23. The van der Waals surface area contributed by atoms with E-state index in [1.165, 1.54) is 25.1 Å². The van der Waals surface area contributed by atoms with Crippen LogP contribution in [0.25, 0.3) is 10.9 Å². The number of sulfone groups is 1. The van der Waals surface area contributed by atoms with Gasteiger partial charge in [-0.15, -0.1) is 0 Å². The van der Waals surface area contributed by atoms with E-state index in [1.807, 2.05) is 0 Å². The Morgan fingerprint density at radius 3 is 2.45 bits per heavy atom. The van der Waals surface area contributed by atoms with E-state index in [4.69, 9.17) is 23.2 Å². The van der Waals surface area contributed by atoms with E-state index in [1.54, 1.807) is 0 Å². The summed E-state index contributed by atoms with van der Waals surface area (Å²) < 4.78 is 65.8. The van der Waals surface area contributed by atoms with Crippen LogP contribution < -0.4 is 5.56 Å². The normalized spacial score (nSPS) is 12.3. The third-order valence-corrected chi connectivity index (χ3v) is 7.04. The van der Waals surface area contributed by atoms with E-state index >= 15 is 0 Å². The van der Waals surface area contributed by atoms with Crippen molar-refractivity contribution in [3.63, 3.8) is 0 Å². The minimum atomic E-state index is -4.93. The molecule has 0 aliphatic carbocycles. The molecule has 0 amide bonds. The first-order valence-corrected chi connectivity index (χ1v) is 11.1. The predicted octanol–water partition coefficient (Wildman–Crippen LogP) is 4.38. The van der Waals surface area contributed by atoms with Crippen molar-refractivity contribution >= 4 is 50.2 Å². The van der Waals surface area contributed by atoms with Gasteiger partial charge in [0.25, 0.3) is 5.56 Å². The van der Waals surface area contributed by atoms with Crippen molar-refractivity contribution < 1.29 is 26.4 Å². The molecular weight excluding hydrogens is 480 g/mol. The van der Waals surface area contributed by atoms with E-state index in [9.17, 15) is 31.2 Å². The molecule has 0 aliphatic heterocycles. The van der Waals surface area contributed by atoms with Gasteiger partial charge in [0.15, 0.2) is 16.1 Å². The molecule has 2 aromatic carbocycles. The summed E-state index contributed by atoms with van der Waals surface area (Å²) in [6.45, 7) is 1.13. The highest BCUT2D eigenvalue weighted by Crippen LogP contribution is 2.37. The maximum atomic E-state index is 13.4. The molecule has 164 valence electrons. The second-order valence-electron chi connectivity index (χ2n) is 6.50. The summed E-state index contributed by atoms with van der Waals surface area (Å²) in [7, 11) is -3.67. The summed E-state index contributed by atoms with van der Waals surface area (Å²) >= 11 is 11.9. The summed E-state index contributed by atoms with van der Waals surface area (Å²) in [5.41, 5.74) is -3.18. The Hall–Kier alpha value is -2.43. The molecule has 0 atom stereocenters. The number of hydrogen-bond donors (Lipinski definition) is 0. The molecule has 1 aromatic heterocycles. The number of benzene rings is 2. The summed E-state index contributed by atoms with van der Waals surface area (Å²) in [5.74, 6) is -0.203. The van der Waals surface area contributed by atoms with Gasteiger partial charge in [0.05, 0.1) is 45.0 Å². The molecule has 0 spiro atoms. The average molecular weight is 493 g/mol. The summed E-state index contributed by atoms with van der Waals surface area (Å²) in [6.07, 6.45) is -3.97. The first-order chi connectivity index (χ1) is 14.4. The molecule has 31 heavy (non-hydrogen) atoms. The van der Waals surface area contributed by atoms with Crippen molar-refractivity contribution in [2.24, 2.45) is 0 Å². The van der Waals surface area contributed by atoms with E-state index < -0.39 is 43.1 Å². The van der Waals surface area contributed by atoms with E-state index in [2.05, 4.69) is 4.98 Å². The lowest BCUT2D eigenvalue weighted by molar-refractivity contribution is -0.137. The van der Waals surface area contributed by atoms with Gasteiger partial charge in [-0.3, -0.25) is 14.2 Å². The van der Waals surface area contributed by atoms with Gasteiger partial charge < -0.3 is 0 Å². The van der Waals surface area contributed by atoms with Crippen LogP contribution in [0, 0.1) is 0 Å². The van der Waals surface area contributed by atoms with E-state index in [-0.39, 0.29) is 39.6 Å². The molecule has 3 rings (SSSR count). The molecule has 3 aromatic rings. The summed E-state index contributed by atoms with van der Waals surface area (Å²) in [4.78, 5) is 27.9. The Morgan fingerprint density at radius 2 is 1.87 bits per heavy atom. The molecule has 0 saturated heterocycles. The van der Waals surface area contributed by atoms with Crippen LogP contribution in [0.4, 0.5) is 13.2 Å². The first-order valence-electron chi connectivity index (χ1n) is 8.66. The molecule has 0 radical (unpaired) electrons. The highest BCUT2D eigenvalue weighted by molar-refractivity contribution is 7.91. The van der Waals surface area contributed by atoms with E-state index in [0.29, 0.717) is 6.07 Å². The van der Waals surface area contributed by atoms with Crippen LogP contribution in [0.3, 0.4) is 0 Å². The number of nitrogens with zero attached hydrogens (tertiary/aromatic N) is 2. The van der Waals surface area contributed by atoms with Gasteiger partial charge in [0.1, 0.15) is 0 Å². The number of fused-ring (bicyclic) bond motifs is 1. The maximum Gasteiger partial charge on any atom is 0.417 e. The molecule has 6 nitrogen and oxygen atoms in total. The molecular formula is C19H13Cl2F3N2O4S. The van der Waals surface area contributed by atoms with Gasteiger partial charge in [-0.05, 0) is 29.8 Å². The van der Waals surface area contributed by atoms with Crippen LogP contribution in [0.5, 0.6) is 0 Å². The molecule has 0 fully saturated rings. The molecule has 12 heteroatoms. The SMILES string of the molecule is CCS(=O)(=O)c1ccc(Cl)cc1Cn1cnc2c(Cl)c(C=O)c(C(F)(F)F)cc2c1=O. The number of alkyl halides is 3. The number of carbonyl (C=O) groups excluding carboxylic acids is 1. The van der Waals surface area contributed by atoms with Gasteiger partial charge in [0, 0.05) is 10.6 Å². The topological polar surface area (TPSA) is 86.1 Å². The zero-order chi connectivity index (χ0) is 23.1. The van der Waals surface area contributed by atoms with Gasteiger partial charge in [-0.1, -0.05) is 30.1 Å². The smallest absolute Gasteiger partial charge is 0.298 e. The van der Waals surface area contributed by atoms with Crippen molar-refractivity contribution in [3.05, 3.63) is 67.7 Å². The Labute approximate surface area is 184 Å². The molecule has 0 N–H and O–H groups in total. The summed E-state index contributed by atoms with van der Waals surface area (Å²) in [6, 6.07) is 4.54. The van der Waals surface area contributed by atoms with Gasteiger partial charge in [0.2, 0.25) is 0 Å². The standard InChI is InChI=1S/C19H13Cl2F3N2O4S/c1-2-31(29,30)15-4-3-11(20)5-10(15)7-26-9-25-17-12(18(26)28)6-14(19(22,23)24)13(8-27)16(17)21/h3-6,8-9H,2,7H2,1H3. The van der Waals surface area contributed by atoms with Crippen LogP contribution in [0.1, 0.15) is 28.4 Å². The fourth-order valence-corrected chi connectivity index (χ4v) is 4.66. The molecule has 0 unspecified atom stereocenters. The number of aldehydes is 1. The fourth-order valence-electron chi connectivity index (χ4n) is 3.05. The second-order valence-corrected chi connectivity index (χ2v) is 9.56. The van der Waals surface area contributed by atoms with Gasteiger partial charge in [-0.2, -0.15) is 13.2 Å². The molecule has 0 saturated carbocycles. The van der Waals surface area contributed by atoms with Crippen LogP contribution >= 0.6 is 23.2 Å². The predicted molar refractivity (Wildman–Crippen MR) is 110 cm³/mol. The monoisotopic (exact) mass is 492 g/mol. The van der Waals surface area contributed by atoms with Gasteiger partial charge >= 0.3 is 6.18 Å². The number of halogens is 5. The zero-order valence-corrected chi connectivity index (χ0v) is 18.0. The van der Waals surface area contributed by atoms with Crippen molar-refractivity contribution in [2.75, 3.05) is 5.75 Å². The molecule has 0 bridgehead atoms. The minimum absolute atomic E-state index is 0.0499. The van der Waals surface area contributed by atoms with Crippen LogP contribution in [-0.4, -0.2) is 30.0 Å². The molecule has 1 heterocycles. The van der Waals surface area contributed by atoms with Crippen molar-refractivity contribution in [3.8, 4) is 0 Å². The summed E-state index contributed by atoms with van der Waals surface area (Å²) in [5, 5.41) is -0.849. The van der Waals surface area contributed by atoms with Crippen LogP contribution in [0.15, 0.2) is 40.3 Å². The Balaban J connectivity index is 2.26.